The van der Waals surface area contributed by atoms with Crippen LogP contribution in [-0.2, 0) is 6.42 Å². The van der Waals surface area contributed by atoms with Crippen molar-refractivity contribution >= 4 is 17.7 Å². The Morgan fingerprint density at radius 2 is 2.03 bits per heavy atom. The van der Waals surface area contributed by atoms with Gasteiger partial charge < -0.3 is 14.4 Å². The van der Waals surface area contributed by atoms with Gasteiger partial charge in [-0.05, 0) is 68.8 Å². The van der Waals surface area contributed by atoms with Crippen LogP contribution in [0.25, 0.3) is 0 Å². The molecule has 29 heavy (non-hydrogen) atoms. The minimum absolute atomic E-state index is 0.181. The van der Waals surface area contributed by atoms with E-state index in [9.17, 15) is 4.79 Å². The summed E-state index contributed by atoms with van der Waals surface area (Å²) in [5.41, 5.74) is 2.77. The van der Waals surface area contributed by atoms with Crippen molar-refractivity contribution in [1.82, 2.24) is 4.90 Å². The van der Waals surface area contributed by atoms with Gasteiger partial charge in [0.15, 0.2) is 5.78 Å². The van der Waals surface area contributed by atoms with Crippen molar-refractivity contribution in [2.24, 2.45) is 4.99 Å². The number of unbranched alkanes of at least 4 members (excludes halogenated alkanes) is 2. The summed E-state index contributed by atoms with van der Waals surface area (Å²) >= 11 is 0. The average Bonchev–Trinajstić information content (AvgIpc) is 2.77. The van der Waals surface area contributed by atoms with Crippen molar-refractivity contribution in [3.63, 3.8) is 0 Å². The molecule has 0 amide bonds. The van der Waals surface area contributed by atoms with Gasteiger partial charge in [0.25, 0.3) is 0 Å². The first-order valence-corrected chi connectivity index (χ1v) is 10.3. The van der Waals surface area contributed by atoms with Crippen LogP contribution in [-0.4, -0.2) is 50.8 Å². The first kappa shape index (κ1) is 21.1. The van der Waals surface area contributed by atoms with E-state index in [4.69, 9.17) is 9.47 Å². The predicted molar refractivity (Wildman–Crippen MR) is 117 cm³/mol. The molecular formula is C24H30N2O3. The van der Waals surface area contributed by atoms with Crippen molar-refractivity contribution in [2.45, 2.75) is 32.1 Å². The second-order valence-electron chi connectivity index (χ2n) is 7.44. The maximum absolute atomic E-state index is 12.4. The molecule has 0 spiro atoms. The molecule has 1 aliphatic heterocycles. The highest BCUT2D eigenvalue weighted by atomic mass is 16.5. The number of hydrogen-bond donors (Lipinski definition) is 0. The summed E-state index contributed by atoms with van der Waals surface area (Å²) in [6.07, 6.45) is 6.39. The monoisotopic (exact) mass is 394 g/mol. The van der Waals surface area contributed by atoms with Crippen LogP contribution < -0.4 is 9.47 Å². The lowest BCUT2D eigenvalue weighted by molar-refractivity contribution is 0.0979. The lowest BCUT2D eigenvalue weighted by Gasteiger charge is -2.16. The third-order valence-corrected chi connectivity index (χ3v) is 5.18. The number of carbonyl (C=O) groups excluding carboxylic acids is 1. The molecule has 1 aliphatic rings. The molecule has 0 N–H and O–H groups in total. The largest absolute Gasteiger partial charge is 0.497 e. The van der Waals surface area contributed by atoms with Gasteiger partial charge in [0.2, 0.25) is 0 Å². The maximum Gasteiger partial charge on any atom is 0.162 e. The van der Waals surface area contributed by atoms with Crippen molar-refractivity contribution in [1.29, 1.82) is 0 Å². The van der Waals surface area contributed by atoms with Crippen molar-refractivity contribution < 1.29 is 14.3 Å². The highest BCUT2D eigenvalue weighted by Gasteiger charge is 2.12. The van der Waals surface area contributed by atoms with E-state index in [1.165, 1.54) is 5.56 Å². The molecule has 0 aliphatic carbocycles. The molecule has 0 unspecified atom stereocenters. The molecule has 2 aromatic rings. The second-order valence-corrected chi connectivity index (χ2v) is 7.44. The van der Waals surface area contributed by atoms with Crippen LogP contribution >= 0.6 is 0 Å². The summed E-state index contributed by atoms with van der Waals surface area (Å²) in [7, 11) is 3.85. The van der Waals surface area contributed by atoms with E-state index in [0.29, 0.717) is 13.0 Å². The van der Waals surface area contributed by atoms with Crippen LogP contribution in [0.5, 0.6) is 11.5 Å². The average molecular weight is 395 g/mol. The fourth-order valence-corrected chi connectivity index (χ4v) is 3.42. The molecule has 0 bridgehead atoms. The van der Waals surface area contributed by atoms with Crippen LogP contribution in [0, 0.1) is 0 Å². The zero-order valence-corrected chi connectivity index (χ0v) is 17.4. The van der Waals surface area contributed by atoms with Gasteiger partial charge in [-0.25, -0.2) is 0 Å². The standard InChI is InChI=1S/C24H30N2O3/c1-26(15-12-19-7-6-8-21(17-19)28-2)14-5-3-4-9-23(27)20-10-11-24-22(18-20)25-13-16-29-24/h6-8,10-11,13,17-18H,3-5,9,12,14-16H2,1-2H3. The van der Waals surface area contributed by atoms with E-state index in [-0.39, 0.29) is 5.78 Å². The zero-order valence-electron chi connectivity index (χ0n) is 17.4. The quantitative estimate of drug-likeness (QED) is 0.409. The molecule has 1 heterocycles. The molecule has 3 rings (SSSR count). The minimum atomic E-state index is 0.181. The molecule has 2 aromatic carbocycles. The van der Waals surface area contributed by atoms with Gasteiger partial charge >= 0.3 is 0 Å². The van der Waals surface area contributed by atoms with E-state index in [1.54, 1.807) is 13.3 Å². The van der Waals surface area contributed by atoms with Crippen molar-refractivity contribution in [2.75, 3.05) is 33.9 Å². The molecule has 0 saturated carbocycles. The molecular weight excluding hydrogens is 364 g/mol. The molecule has 0 saturated heterocycles. The second kappa shape index (κ2) is 10.8. The number of carbonyl (C=O) groups is 1. The number of methoxy groups -OCH3 is 1. The fourth-order valence-electron chi connectivity index (χ4n) is 3.42. The number of likely N-dealkylation sites (N-methyl/N-ethyl adjacent to an activating group) is 1. The van der Waals surface area contributed by atoms with Gasteiger partial charge in [0.1, 0.15) is 23.8 Å². The Kier molecular flexibility index (Phi) is 7.82. The Morgan fingerprint density at radius 1 is 1.14 bits per heavy atom. The number of ketones is 1. The number of Topliss-reactive ketones (excluding diaryl/α,β-unsaturated/α-hetero) is 1. The fraction of sp³-hybridized carbons (Fsp3) is 0.417. The molecule has 0 fully saturated rings. The number of nitrogens with zero attached hydrogens (tertiary/aromatic N) is 2. The number of rotatable bonds is 11. The maximum atomic E-state index is 12.4. The Labute approximate surface area is 173 Å². The normalized spacial score (nSPS) is 12.5. The summed E-state index contributed by atoms with van der Waals surface area (Å²) in [4.78, 5) is 19.1. The summed E-state index contributed by atoms with van der Waals surface area (Å²) in [5, 5.41) is 0. The van der Waals surface area contributed by atoms with Crippen LogP contribution in [0.1, 0.15) is 41.6 Å². The molecule has 0 atom stereocenters. The number of aliphatic imine (C=N–C) groups is 1. The van der Waals surface area contributed by atoms with E-state index in [0.717, 1.165) is 61.5 Å². The topological polar surface area (TPSA) is 51.1 Å². The van der Waals surface area contributed by atoms with Gasteiger partial charge in [-0.3, -0.25) is 9.79 Å². The minimum Gasteiger partial charge on any atom is -0.497 e. The van der Waals surface area contributed by atoms with Gasteiger partial charge in [-0.15, -0.1) is 0 Å². The van der Waals surface area contributed by atoms with Crippen LogP contribution in [0.4, 0.5) is 5.69 Å². The number of hydrogen-bond acceptors (Lipinski definition) is 5. The van der Waals surface area contributed by atoms with E-state index in [2.05, 4.69) is 29.1 Å². The van der Waals surface area contributed by atoms with Gasteiger partial charge in [0, 0.05) is 24.7 Å². The van der Waals surface area contributed by atoms with Crippen molar-refractivity contribution in [3.05, 3.63) is 53.6 Å². The zero-order chi connectivity index (χ0) is 20.5. The van der Waals surface area contributed by atoms with Gasteiger partial charge in [-0.2, -0.15) is 0 Å². The molecule has 0 radical (unpaired) electrons. The number of fused-ring (bicyclic) bond motifs is 1. The van der Waals surface area contributed by atoms with Gasteiger partial charge in [-0.1, -0.05) is 18.6 Å². The Hall–Kier alpha value is -2.66. The lowest BCUT2D eigenvalue weighted by Crippen LogP contribution is -2.22. The summed E-state index contributed by atoms with van der Waals surface area (Å²) in [6.45, 7) is 2.56. The predicted octanol–water partition coefficient (Wildman–Crippen LogP) is 4.71. The number of ether oxygens (including phenoxy) is 2. The Balaban J connectivity index is 1.32. The molecule has 5 heteroatoms. The highest BCUT2D eigenvalue weighted by Crippen LogP contribution is 2.30. The summed E-state index contributed by atoms with van der Waals surface area (Å²) < 4.78 is 10.8. The van der Waals surface area contributed by atoms with E-state index in [1.807, 2.05) is 30.3 Å². The Morgan fingerprint density at radius 3 is 2.90 bits per heavy atom. The smallest absolute Gasteiger partial charge is 0.162 e. The Bertz CT molecular complexity index is 848. The first-order valence-electron chi connectivity index (χ1n) is 10.3. The summed E-state index contributed by atoms with van der Waals surface area (Å²) in [6, 6.07) is 13.8. The molecule has 5 nitrogen and oxygen atoms in total. The van der Waals surface area contributed by atoms with Crippen LogP contribution in [0.3, 0.4) is 0 Å². The highest BCUT2D eigenvalue weighted by molar-refractivity contribution is 5.97. The third kappa shape index (κ3) is 6.43. The third-order valence-electron chi connectivity index (χ3n) is 5.18. The SMILES string of the molecule is COc1cccc(CCN(C)CCCCCC(=O)c2ccc3c(c2)N=CCO3)c1. The van der Waals surface area contributed by atoms with E-state index >= 15 is 0 Å². The van der Waals surface area contributed by atoms with Crippen LogP contribution in [0.15, 0.2) is 47.5 Å². The number of benzene rings is 2. The summed E-state index contributed by atoms with van der Waals surface area (Å²) in [5.74, 6) is 1.84. The van der Waals surface area contributed by atoms with Crippen LogP contribution in [0.2, 0.25) is 0 Å². The molecule has 0 aromatic heterocycles. The first-order chi connectivity index (χ1) is 14.2. The lowest BCUT2D eigenvalue weighted by atomic mass is 10.0. The van der Waals surface area contributed by atoms with Crippen molar-refractivity contribution in [3.8, 4) is 11.5 Å². The van der Waals surface area contributed by atoms with Gasteiger partial charge in [0.05, 0.1) is 7.11 Å². The molecule has 154 valence electrons. The van der Waals surface area contributed by atoms with E-state index < -0.39 is 0 Å².